The number of hydrogen-bond donors (Lipinski definition) is 2. The van der Waals surface area contributed by atoms with Crippen molar-refractivity contribution in [1.29, 1.82) is 0 Å². The lowest BCUT2D eigenvalue weighted by atomic mass is 9.85. The number of pyridine rings is 1. The SMILES string of the molecule is [B]c1cc(-c2ccc3nc(C)n(CC(F)F)c3n2)c2c(N)nc(NC3CCN(C4CC(F)(F)C4)CC3)nn12. The molecule has 0 amide bonds. The number of likely N-dealkylation sites (tertiary alicyclic amines) is 1. The monoisotopic (exact) mass is 527 g/mol. The zero-order valence-electron chi connectivity index (χ0n) is 20.7. The topological polar surface area (TPSA) is 102 Å². The molecule has 2 fully saturated rings. The Hall–Kier alpha value is -3.42. The third-order valence-corrected chi connectivity index (χ3v) is 7.49. The van der Waals surface area contributed by atoms with E-state index >= 15 is 0 Å². The second-order valence-electron chi connectivity index (χ2n) is 10.1. The van der Waals surface area contributed by atoms with Gasteiger partial charge < -0.3 is 15.6 Å². The summed E-state index contributed by atoms with van der Waals surface area (Å²) in [7, 11) is 6.27. The van der Waals surface area contributed by atoms with Crippen LogP contribution in [0.3, 0.4) is 0 Å². The maximum Gasteiger partial charge on any atom is 0.256 e. The molecule has 0 unspecified atom stereocenters. The minimum absolute atomic E-state index is 0.0435. The molecular formula is C24H26BF4N9. The van der Waals surface area contributed by atoms with Crippen molar-refractivity contribution >= 4 is 41.9 Å². The summed E-state index contributed by atoms with van der Waals surface area (Å²) >= 11 is 0. The fourth-order valence-electron chi connectivity index (χ4n) is 5.52. The normalized spacial score (nSPS) is 19.0. The van der Waals surface area contributed by atoms with Crippen LogP contribution in [0.15, 0.2) is 18.2 Å². The van der Waals surface area contributed by atoms with Gasteiger partial charge in [-0.25, -0.2) is 32.0 Å². The Kier molecular flexibility index (Phi) is 5.96. The van der Waals surface area contributed by atoms with E-state index < -0.39 is 18.9 Å². The second kappa shape index (κ2) is 9.10. The van der Waals surface area contributed by atoms with Crippen molar-refractivity contribution in [1.82, 2.24) is 34.0 Å². The Morgan fingerprint density at radius 2 is 1.89 bits per heavy atom. The smallest absolute Gasteiger partial charge is 0.256 e. The van der Waals surface area contributed by atoms with Crippen molar-refractivity contribution in [3.63, 3.8) is 0 Å². The number of aromatic nitrogens is 6. The molecule has 3 N–H and O–H groups in total. The van der Waals surface area contributed by atoms with Gasteiger partial charge in [0.15, 0.2) is 11.5 Å². The third-order valence-electron chi connectivity index (χ3n) is 7.49. The predicted molar refractivity (Wildman–Crippen MR) is 136 cm³/mol. The number of nitrogens with one attached hydrogen (secondary N) is 1. The molecule has 2 aliphatic rings. The van der Waals surface area contributed by atoms with Crippen molar-refractivity contribution in [2.45, 2.75) is 63.6 Å². The number of nitrogens with two attached hydrogens (primary N) is 1. The number of anilines is 2. The predicted octanol–water partition coefficient (Wildman–Crippen LogP) is 2.76. The summed E-state index contributed by atoms with van der Waals surface area (Å²) in [6.07, 6.45) is -1.14. The van der Waals surface area contributed by atoms with E-state index in [1.165, 1.54) is 9.08 Å². The highest BCUT2D eigenvalue weighted by Crippen LogP contribution is 2.41. The lowest BCUT2D eigenvalue weighted by Crippen LogP contribution is -2.54. The molecule has 1 aliphatic heterocycles. The molecule has 0 bridgehead atoms. The summed E-state index contributed by atoms with van der Waals surface area (Å²) in [5, 5.41) is 7.83. The number of alkyl halides is 4. The van der Waals surface area contributed by atoms with Crippen LogP contribution >= 0.6 is 0 Å². The van der Waals surface area contributed by atoms with Crippen LogP contribution < -0.4 is 16.6 Å². The quantitative estimate of drug-likeness (QED) is 0.294. The molecule has 1 saturated carbocycles. The number of piperidine rings is 1. The Labute approximate surface area is 216 Å². The second-order valence-corrected chi connectivity index (χ2v) is 10.1. The summed E-state index contributed by atoms with van der Waals surface area (Å²) in [6.45, 7) is 2.60. The molecule has 198 valence electrons. The molecule has 38 heavy (non-hydrogen) atoms. The highest BCUT2D eigenvalue weighted by Gasteiger charge is 2.48. The Morgan fingerprint density at radius 1 is 1.16 bits per heavy atom. The van der Waals surface area contributed by atoms with Crippen molar-refractivity contribution < 1.29 is 17.6 Å². The molecule has 1 aliphatic carbocycles. The molecular weight excluding hydrogens is 501 g/mol. The standard InChI is InChI=1S/C24H26BF4N9/c1-12-31-17-3-2-16(33-22(17)37(12)11-19(26)27)15-8-18(25)38-20(15)21(30)34-23(35-38)32-13-4-6-36(7-5-13)14-9-24(28,29)10-14/h2-3,8,13-14,19H,4-7,9-11H2,1H3,(H3,30,32,34,35). The van der Waals surface area contributed by atoms with E-state index in [0.717, 1.165) is 25.9 Å². The minimum atomic E-state index is -2.55. The number of nitrogen functional groups attached to an aromatic ring is 1. The first-order chi connectivity index (χ1) is 18.1. The summed E-state index contributed by atoms with van der Waals surface area (Å²) in [6, 6.07) is 5.15. The molecule has 1 saturated heterocycles. The molecule has 4 aromatic heterocycles. The van der Waals surface area contributed by atoms with Crippen molar-refractivity contribution in [3.8, 4) is 11.3 Å². The number of halogens is 4. The average Bonchev–Trinajstić information content (AvgIpc) is 3.34. The van der Waals surface area contributed by atoms with E-state index in [-0.39, 0.29) is 30.7 Å². The van der Waals surface area contributed by atoms with E-state index in [4.69, 9.17) is 13.6 Å². The van der Waals surface area contributed by atoms with Gasteiger partial charge in [-0.2, -0.15) is 4.98 Å². The van der Waals surface area contributed by atoms with Crippen LogP contribution in [0.25, 0.3) is 27.9 Å². The van der Waals surface area contributed by atoms with Gasteiger partial charge >= 0.3 is 0 Å². The Morgan fingerprint density at radius 3 is 2.58 bits per heavy atom. The van der Waals surface area contributed by atoms with Gasteiger partial charge in [-0.15, -0.1) is 5.10 Å². The van der Waals surface area contributed by atoms with Crippen LogP contribution in [0.2, 0.25) is 0 Å². The van der Waals surface area contributed by atoms with Gasteiger partial charge in [0.1, 0.15) is 24.7 Å². The third kappa shape index (κ3) is 4.44. The number of imidazole rings is 1. The van der Waals surface area contributed by atoms with Gasteiger partial charge in [0.2, 0.25) is 5.95 Å². The first kappa shape index (κ1) is 24.9. The maximum absolute atomic E-state index is 13.2. The van der Waals surface area contributed by atoms with E-state index in [9.17, 15) is 17.6 Å². The lowest BCUT2D eigenvalue weighted by molar-refractivity contribution is -0.127. The van der Waals surface area contributed by atoms with Crippen molar-refractivity contribution in [2.75, 3.05) is 24.1 Å². The van der Waals surface area contributed by atoms with E-state index in [0.29, 0.717) is 45.3 Å². The van der Waals surface area contributed by atoms with Crippen LogP contribution in [0, 0.1) is 6.92 Å². The van der Waals surface area contributed by atoms with Gasteiger partial charge in [0.25, 0.3) is 12.3 Å². The van der Waals surface area contributed by atoms with Gasteiger partial charge in [-0.3, -0.25) is 4.90 Å². The number of hydrogen-bond acceptors (Lipinski definition) is 7. The summed E-state index contributed by atoms with van der Waals surface area (Å²) in [5.41, 5.74) is 9.02. The van der Waals surface area contributed by atoms with Gasteiger partial charge in [-0.05, 0) is 43.6 Å². The number of nitrogens with zero attached hydrogens (tertiary/aromatic N) is 7. The Balaban J connectivity index is 1.24. The fraction of sp³-hybridized carbons (Fsp3) is 0.500. The van der Waals surface area contributed by atoms with Crippen molar-refractivity contribution in [2.24, 2.45) is 0 Å². The van der Waals surface area contributed by atoms with Gasteiger partial charge in [-0.1, -0.05) is 0 Å². The highest BCUT2D eigenvalue weighted by atomic mass is 19.3. The summed E-state index contributed by atoms with van der Waals surface area (Å²) in [5.74, 6) is -1.58. The van der Waals surface area contributed by atoms with Gasteiger partial charge in [0.05, 0.1) is 12.2 Å². The molecule has 2 radical (unpaired) electrons. The maximum atomic E-state index is 13.2. The van der Waals surface area contributed by atoms with Crippen LogP contribution in [0.4, 0.5) is 29.3 Å². The van der Waals surface area contributed by atoms with Crippen molar-refractivity contribution in [3.05, 3.63) is 24.0 Å². The molecule has 4 aromatic rings. The summed E-state index contributed by atoms with van der Waals surface area (Å²) in [4.78, 5) is 15.5. The van der Waals surface area contributed by atoms with Crippen LogP contribution in [0.1, 0.15) is 31.5 Å². The largest absolute Gasteiger partial charge is 0.382 e. The zero-order chi connectivity index (χ0) is 26.8. The fourth-order valence-corrected chi connectivity index (χ4v) is 5.52. The van der Waals surface area contributed by atoms with Crippen LogP contribution in [-0.2, 0) is 6.54 Å². The first-order valence-electron chi connectivity index (χ1n) is 12.5. The first-order valence-corrected chi connectivity index (χ1v) is 12.5. The zero-order valence-corrected chi connectivity index (χ0v) is 20.7. The number of aryl methyl sites for hydroxylation is 1. The molecule has 0 aromatic carbocycles. The Bertz CT molecular complexity index is 1500. The van der Waals surface area contributed by atoms with Crippen LogP contribution in [-0.4, -0.2) is 79.4 Å². The molecule has 0 spiro atoms. The van der Waals surface area contributed by atoms with Gasteiger partial charge in [0, 0.05) is 43.6 Å². The van der Waals surface area contributed by atoms with Crippen LogP contribution in [0.5, 0.6) is 0 Å². The van der Waals surface area contributed by atoms with E-state index in [2.05, 4.69) is 30.3 Å². The average molecular weight is 527 g/mol. The number of rotatable bonds is 6. The molecule has 5 heterocycles. The van der Waals surface area contributed by atoms with E-state index in [1.807, 2.05) is 0 Å². The molecule has 0 atom stereocenters. The minimum Gasteiger partial charge on any atom is -0.382 e. The molecule has 14 heteroatoms. The highest BCUT2D eigenvalue weighted by molar-refractivity contribution is 6.32. The molecule has 6 rings (SSSR count). The summed E-state index contributed by atoms with van der Waals surface area (Å²) < 4.78 is 55.6. The molecule has 9 nitrogen and oxygen atoms in total. The van der Waals surface area contributed by atoms with E-state index in [1.54, 1.807) is 25.1 Å². The number of fused-ring (bicyclic) bond motifs is 2. The lowest BCUT2D eigenvalue weighted by Gasteiger charge is -2.45.